The molecule has 0 radical (unpaired) electrons. The molecule has 126 valence electrons. The van der Waals surface area contributed by atoms with Crippen LogP contribution in [-0.4, -0.2) is 56.1 Å². The molecule has 2 atom stereocenters. The fourth-order valence-electron chi connectivity index (χ4n) is 4.05. The third kappa shape index (κ3) is 3.06. The molecule has 1 amide bonds. The number of pyridine rings is 1. The summed E-state index contributed by atoms with van der Waals surface area (Å²) in [6.07, 6.45) is 7.15. The Morgan fingerprint density at radius 3 is 3.00 bits per heavy atom. The molecule has 0 bridgehead atoms. The van der Waals surface area contributed by atoms with Crippen LogP contribution in [0.3, 0.4) is 0 Å². The van der Waals surface area contributed by atoms with Crippen molar-refractivity contribution in [3.63, 3.8) is 0 Å². The molecule has 2 saturated heterocycles. The summed E-state index contributed by atoms with van der Waals surface area (Å²) in [4.78, 5) is 21.4. The predicted molar refractivity (Wildman–Crippen MR) is 90.0 cm³/mol. The van der Waals surface area contributed by atoms with Gasteiger partial charge >= 0.3 is 0 Å². The summed E-state index contributed by atoms with van der Waals surface area (Å²) >= 11 is 0. The molecule has 6 nitrogen and oxygen atoms in total. The average molecular weight is 325 g/mol. The summed E-state index contributed by atoms with van der Waals surface area (Å²) in [5, 5.41) is 4.33. The summed E-state index contributed by atoms with van der Waals surface area (Å²) in [6, 6.07) is 6.38. The molecule has 0 unspecified atom stereocenters. The van der Waals surface area contributed by atoms with Gasteiger partial charge < -0.3 is 4.90 Å². The number of nitrogens with zero attached hydrogens (tertiary/aromatic N) is 5. The lowest BCUT2D eigenvalue weighted by Gasteiger charge is -2.25. The van der Waals surface area contributed by atoms with Crippen LogP contribution in [0.1, 0.15) is 17.7 Å². The largest absolute Gasteiger partial charge is 0.338 e. The van der Waals surface area contributed by atoms with Crippen LogP contribution in [0.15, 0.2) is 36.8 Å². The second-order valence-electron chi connectivity index (χ2n) is 6.92. The van der Waals surface area contributed by atoms with Gasteiger partial charge in [0.05, 0.1) is 12.1 Å². The van der Waals surface area contributed by atoms with Gasteiger partial charge in [0.25, 0.3) is 0 Å². The third-order valence-electron chi connectivity index (χ3n) is 5.17. The van der Waals surface area contributed by atoms with Crippen molar-refractivity contribution < 1.29 is 4.79 Å². The Balaban J connectivity index is 1.38. The molecule has 2 aromatic heterocycles. The van der Waals surface area contributed by atoms with E-state index in [-0.39, 0.29) is 5.91 Å². The number of likely N-dealkylation sites (tertiary alicyclic amines) is 2. The maximum absolute atomic E-state index is 12.7. The van der Waals surface area contributed by atoms with E-state index >= 15 is 0 Å². The predicted octanol–water partition coefficient (Wildman–Crippen LogP) is 1.09. The summed E-state index contributed by atoms with van der Waals surface area (Å²) in [6.45, 7) is 3.85. The normalized spacial score (nSPS) is 23.6. The first-order valence-electron chi connectivity index (χ1n) is 8.58. The topological polar surface area (TPSA) is 54.3 Å². The van der Waals surface area contributed by atoms with E-state index in [1.54, 1.807) is 10.9 Å². The highest BCUT2D eigenvalue weighted by Gasteiger charge is 2.42. The van der Waals surface area contributed by atoms with E-state index in [4.69, 9.17) is 0 Å². The van der Waals surface area contributed by atoms with Gasteiger partial charge in [0.15, 0.2) is 0 Å². The first kappa shape index (κ1) is 15.3. The molecule has 2 aliphatic rings. The minimum absolute atomic E-state index is 0.212. The summed E-state index contributed by atoms with van der Waals surface area (Å²) < 4.78 is 1.75. The van der Waals surface area contributed by atoms with E-state index in [2.05, 4.69) is 25.9 Å². The molecule has 0 aromatic carbocycles. The van der Waals surface area contributed by atoms with Crippen LogP contribution < -0.4 is 0 Å². The fraction of sp³-hybridized carbons (Fsp3) is 0.500. The smallest absolute Gasteiger partial charge is 0.228 e. The summed E-state index contributed by atoms with van der Waals surface area (Å²) in [7, 11) is 1.88. The molecule has 0 spiro atoms. The van der Waals surface area contributed by atoms with Crippen molar-refractivity contribution in [3.05, 3.63) is 48.0 Å². The van der Waals surface area contributed by atoms with Crippen LogP contribution >= 0.6 is 0 Å². The second kappa shape index (κ2) is 6.36. The highest BCUT2D eigenvalue weighted by molar-refractivity contribution is 5.79. The highest BCUT2D eigenvalue weighted by atomic mass is 16.2. The zero-order valence-corrected chi connectivity index (χ0v) is 14.0. The quantitative estimate of drug-likeness (QED) is 0.844. The number of carbonyl (C=O) groups is 1. The first-order chi connectivity index (χ1) is 11.7. The minimum Gasteiger partial charge on any atom is -0.338 e. The number of aryl methyl sites for hydroxylation is 1. The van der Waals surface area contributed by atoms with E-state index in [1.165, 1.54) is 5.56 Å². The molecule has 6 heteroatoms. The molecule has 4 rings (SSSR count). The second-order valence-corrected chi connectivity index (χ2v) is 6.92. The number of hydrogen-bond donors (Lipinski definition) is 0. The number of hydrogen-bond acceptors (Lipinski definition) is 4. The molecule has 2 aliphatic heterocycles. The Morgan fingerprint density at radius 2 is 2.25 bits per heavy atom. The maximum atomic E-state index is 12.7. The van der Waals surface area contributed by atoms with E-state index in [1.807, 2.05) is 31.6 Å². The lowest BCUT2D eigenvalue weighted by molar-refractivity contribution is -0.131. The lowest BCUT2D eigenvalue weighted by atomic mass is 10.1. The fourth-order valence-corrected chi connectivity index (χ4v) is 4.05. The van der Waals surface area contributed by atoms with Gasteiger partial charge in [0.1, 0.15) is 0 Å². The number of rotatable bonds is 4. The van der Waals surface area contributed by atoms with Crippen LogP contribution in [0.2, 0.25) is 0 Å². The summed E-state index contributed by atoms with van der Waals surface area (Å²) in [5.74, 6) is 0.818. The van der Waals surface area contributed by atoms with E-state index < -0.39 is 0 Å². The van der Waals surface area contributed by atoms with Crippen LogP contribution in [0, 0.1) is 5.92 Å². The minimum atomic E-state index is 0.212. The molecule has 0 N–H and O–H groups in total. The zero-order valence-electron chi connectivity index (χ0n) is 14.0. The van der Waals surface area contributed by atoms with Gasteiger partial charge in [0.2, 0.25) is 5.91 Å². The molecule has 0 saturated carbocycles. The first-order valence-corrected chi connectivity index (χ1v) is 8.58. The Labute approximate surface area is 142 Å². The monoisotopic (exact) mass is 325 g/mol. The Morgan fingerprint density at radius 1 is 1.33 bits per heavy atom. The van der Waals surface area contributed by atoms with Gasteiger partial charge in [-0.3, -0.25) is 19.4 Å². The molecular formula is C18H23N5O. The van der Waals surface area contributed by atoms with Crippen molar-refractivity contribution in [1.29, 1.82) is 0 Å². The van der Waals surface area contributed by atoms with Gasteiger partial charge in [-0.15, -0.1) is 0 Å². The number of fused-ring (bicyclic) bond motifs is 1. The molecular weight excluding hydrogens is 302 g/mol. The van der Waals surface area contributed by atoms with E-state index in [0.717, 1.165) is 38.3 Å². The molecule has 2 aromatic rings. The van der Waals surface area contributed by atoms with Gasteiger partial charge in [0, 0.05) is 57.9 Å². The van der Waals surface area contributed by atoms with Crippen molar-refractivity contribution >= 4 is 5.91 Å². The Kier molecular flexibility index (Phi) is 4.06. The van der Waals surface area contributed by atoms with Gasteiger partial charge in [-0.2, -0.15) is 5.10 Å². The Hall–Kier alpha value is -2.21. The average Bonchev–Trinajstić information content (AvgIpc) is 3.24. The summed E-state index contributed by atoms with van der Waals surface area (Å²) in [5.41, 5.74) is 2.10. The number of carbonyl (C=O) groups excluding carboxylic acids is 1. The maximum Gasteiger partial charge on any atom is 0.228 e. The molecule has 2 fully saturated rings. The lowest BCUT2D eigenvalue weighted by Crippen LogP contribution is -2.40. The van der Waals surface area contributed by atoms with Crippen LogP contribution in [0.5, 0.6) is 0 Å². The number of aromatic nitrogens is 3. The molecule has 0 aliphatic carbocycles. The molecule has 4 heterocycles. The van der Waals surface area contributed by atoms with Gasteiger partial charge in [-0.05, 0) is 30.0 Å². The van der Waals surface area contributed by atoms with Crippen molar-refractivity contribution in [2.24, 2.45) is 13.0 Å². The van der Waals surface area contributed by atoms with Crippen molar-refractivity contribution in [3.8, 4) is 0 Å². The van der Waals surface area contributed by atoms with Crippen molar-refractivity contribution in [2.75, 3.05) is 19.6 Å². The van der Waals surface area contributed by atoms with Crippen LogP contribution in [0.4, 0.5) is 0 Å². The van der Waals surface area contributed by atoms with Gasteiger partial charge in [-0.1, -0.05) is 6.07 Å². The molecule has 24 heavy (non-hydrogen) atoms. The van der Waals surface area contributed by atoms with Crippen molar-refractivity contribution in [2.45, 2.75) is 25.4 Å². The standard InChI is InChI=1S/C18H23N5O/c1-21-7-5-16(20-21)9-18(24)23-8-4-15-12-22(13-17(15)23)11-14-3-2-6-19-10-14/h2-3,5-7,10,15,17H,4,8-9,11-13H2,1H3/t15-,17+/m0/s1. The third-order valence-corrected chi connectivity index (χ3v) is 5.17. The SMILES string of the molecule is Cn1ccc(CC(=O)N2CC[C@H]3CN(Cc4cccnc4)C[C@H]32)n1. The van der Waals surface area contributed by atoms with Crippen LogP contribution in [0.25, 0.3) is 0 Å². The number of amides is 1. The van der Waals surface area contributed by atoms with Crippen molar-refractivity contribution in [1.82, 2.24) is 24.6 Å². The van der Waals surface area contributed by atoms with E-state index in [9.17, 15) is 4.79 Å². The zero-order chi connectivity index (χ0) is 16.5. The van der Waals surface area contributed by atoms with Crippen LogP contribution in [-0.2, 0) is 24.8 Å². The Bertz CT molecular complexity index is 713. The van der Waals surface area contributed by atoms with Gasteiger partial charge in [-0.25, -0.2) is 0 Å². The highest BCUT2D eigenvalue weighted by Crippen LogP contribution is 2.32. The van der Waals surface area contributed by atoms with E-state index in [0.29, 0.717) is 18.4 Å².